The molecule has 1 unspecified atom stereocenters. The highest BCUT2D eigenvalue weighted by Crippen LogP contribution is 2.31. The monoisotopic (exact) mass is 306 g/mol. The fourth-order valence-electron chi connectivity index (χ4n) is 2.49. The van der Waals surface area contributed by atoms with Crippen LogP contribution in [-0.4, -0.2) is 13.1 Å². The van der Waals surface area contributed by atoms with Crippen LogP contribution in [0.15, 0.2) is 42.5 Å². The van der Waals surface area contributed by atoms with E-state index in [-0.39, 0.29) is 11.9 Å². The summed E-state index contributed by atoms with van der Waals surface area (Å²) >= 11 is 6.35. The van der Waals surface area contributed by atoms with Gasteiger partial charge in [0.2, 0.25) is 0 Å². The average molecular weight is 307 g/mol. The number of para-hydroxylation sites is 1. The second-order valence-electron chi connectivity index (χ2n) is 5.41. The maximum Gasteiger partial charge on any atom is 0.123 e. The van der Waals surface area contributed by atoms with Gasteiger partial charge in [-0.2, -0.15) is 0 Å². The molecule has 0 aliphatic heterocycles. The highest BCUT2D eigenvalue weighted by atomic mass is 35.5. The Labute approximate surface area is 130 Å². The van der Waals surface area contributed by atoms with E-state index in [0.29, 0.717) is 11.6 Å². The van der Waals surface area contributed by atoms with Gasteiger partial charge in [-0.3, -0.25) is 0 Å². The van der Waals surface area contributed by atoms with Crippen LogP contribution < -0.4 is 10.6 Å². The molecule has 0 aliphatic carbocycles. The van der Waals surface area contributed by atoms with Crippen LogP contribution in [0.3, 0.4) is 0 Å². The summed E-state index contributed by atoms with van der Waals surface area (Å²) in [5.41, 5.74) is 8.88. The third kappa shape index (κ3) is 4.19. The first-order chi connectivity index (χ1) is 9.97. The van der Waals surface area contributed by atoms with Gasteiger partial charge in [0.25, 0.3) is 0 Å². The summed E-state index contributed by atoms with van der Waals surface area (Å²) in [6.07, 6.45) is 0.753. The van der Waals surface area contributed by atoms with Crippen LogP contribution >= 0.6 is 11.6 Å². The van der Waals surface area contributed by atoms with Gasteiger partial charge in [0.1, 0.15) is 5.82 Å². The van der Waals surface area contributed by atoms with Gasteiger partial charge in [-0.05, 0) is 42.7 Å². The Morgan fingerprint density at radius 1 is 1.24 bits per heavy atom. The number of halogens is 2. The lowest BCUT2D eigenvalue weighted by atomic mass is 10.0. The minimum atomic E-state index is -0.226. The van der Waals surface area contributed by atoms with Gasteiger partial charge in [0.05, 0.1) is 10.7 Å². The third-order valence-electron chi connectivity index (χ3n) is 3.30. The van der Waals surface area contributed by atoms with Crippen molar-refractivity contribution in [1.82, 2.24) is 0 Å². The van der Waals surface area contributed by atoms with Crippen molar-refractivity contribution < 1.29 is 4.39 Å². The number of anilines is 1. The molecule has 0 saturated heterocycles. The summed E-state index contributed by atoms with van der Waals surface area (Å²) in [6, 6.07) is 12.5. The molecule has 0 radical (unpaired) electrons. The van der Waals surface area contributed by atoms with Gasteiger partial charge in [-0.15, -0.1) is 0 Å². The summed E-state index contributed by atoms with van der Waals surface area (Å²) in [6.45, 7) is 2.56. The first kappa shape index (κ1) is 15.8. The summed E-state index contributed by atoms with van der Waals surface area (Å²) in [5, 5.41) is 0.687. The van der Waals surface area contributed by atoms with E-state index in [2.05, 4.69) is 0 Å². The van der Waals surface area contributed by atoms with Crippen molar-refractivity contribution in [2.75, 3.05) is 11.9 Å². The van der Waals surface area contributed by atoms with Crippen molar-refractivity contribution in [2.24, 2.45) is 5.73 Å². The Morgan fingerprint density at radius 3 is 2.62 bits per heavy atom. The number of nitrogens with zero attached hydrogens (tertiary/aromatic N) is 1. The first-order valence-electron chi connectivity index (χ1n) is 6.96. The second kappa shape index (κ2) is 6.92. The molecular formula is C17H20ClFN2. The molecule has 2 aromatic rings. The predicted octanol–water partition coefficient (Wildman–Crippen LogP) is 4.01. The molecule has 0 amide bonds. The lowest BCUT2D eigenvalue weighted by molar-refractivity contribution is 0.625. The van der Waals surface area contributed by atoms with Gasteiger partial charge in [0, 0.05) is 19.6 Å². The molecule has 0 bridgehead atoms. The van der Waals surface area contributed by atoms with E-state index in [0.717, 1.165) is 23.2 Å². The van der Waals surface area contributed by atoms with Crippen LogP contribution in [0.1, 0.15) is 18.1 Å². The van der Waals surface area contributed by atoms with Crippen molar-refractivity contribution in [3.8, 4) is 0 Å². The third-order valence-corrected chi connectivity index (χ3v) is 3.61. The zero-order valence-corrected chi connectivity index (χ0v) is 13.1. The number of nitrogens with two attached hydrogens (primary N) is 1. The Hall–Kier alpha value is -1.58. The van der Waals surface area contributed by atoms with E-state index >= 15 is 0 Å². The zero-order chi connectivity index (χ0) is 15.4. The molecule has 21 heavy (non-hydrogen) atoms. The molecular weight excluding hydrogens is 287 g/mol. The van der Waals surface area contributed by atoms with Gasteiger partial charge in [-0.25, -0.2) is 4.39 Å². The molecule has 0 aromatic heterocycles. The molecule has 0 saturated carbocycles. The molecule has 4 heteroatoms. The quantitative estimate of drug-likeness (QED) is 0.904. The Bertz CT molecular complexity index is 613. The second-order valence-corrected chi connectivity index (χ2v) is 5.82. The lowest BCUT2D eigenvalue weighted by Gasteiger charge is -2.24. The Morgan fingerprint density at radius 2 is 1.95 bits per heavy atom. The van der Waals surface area contributed by atoms with E-state index in [9.17, 15) is 4.39 Å². The molecule has 0 heterocycles. The Kier molecular flexibility index (Phi) is 5.21. The van der Waals surface area contributed by atoms with Crippen molar-refractivity contribution >= 4 is 17.3 Å². The topological polar surface area (TPSA) is 29.3 Å². The maximum absolute atomic E-state index is 13.3. The molecule has 0 aliphatic rings. The van der Waals surface area contributed by atoms with Crippen LogP contribution in [0.25, 0.3) is 0 Å². The summed E-state index contributed by atoms with van der Waals surface area (Å²) < 4.78 is 13.3. The van der Waals surface area contributed by atoms with Gasteiger partial charge < -0.3 is 10.6 Å². The zero-order valence-electron chi connectivity index (χ0n) is 12.3. The standard InChI is InChI=1S/C17H20ClFN2/c1-12(20)9-14-6-4-8-16(18)17(14)21(2)11-13-5-3-7-15(19)10-13/h3-8,10,12H,9,11,20H2,1-2H3. The minimum Gasteiger partial charge on any atom is -0.369 e. The molecule has 2 aromatic carbocycles. The minimum absolute atomic E-state index is 0.0600. The molecule has 0 fully saturated rings. The SMILES string of the molecule is CC(N)Cc1cccc(Cl)c1N(C)Cc1cccc(F)c1. The van der Waals surface area contributed by atoms with Gasteiger partial charge in [-0.1, -0.05) is 35.9 Å². The fraction of sp³-hybridized carbons (Fsp3) is 0.294. The molecule has 2 rings (SSSR count). The van der Waals surface area contributed by atoms with E-state index in [1.54, 1.807) is 12.1 Å². The van der Waals surface area contributed by atoms with Gasteiger partial charge >= 0.3 is 0 Å². The number of benzene rings is 2. The molecule has 2 nitrogen and oxygen atoms in total. The van der Waals surface area contributed by atoms with Crippen LogP contribution in [-0.2, 0) is 13.0 Å². The number of rotatable bonds is 5. The normalized spacial score (nSPS) is 12.2. The fourth-order valence-corrected chi connectivity index (χ4v) is 2.83. The van der Waals surface area contributed by atoms with E-state index in [1.807, 2.05) is 43.1 Å². The summed E-state index contributed by atoms with van der Waals surface area (Å²) in [5.74, 6) is -0.226. The van der Waals surface area contributed by atoms with E-state index in [1.165, 1.54) is 6.07 Å². The van der Waals surface area contributed by atoms with Crippen LogP contribution in [0.2, 0.25) is 5.02 Å². The van der Waals surface area contributed by atoms with E-state index in [4.69, 9.17) is 17.3 Å². The molecule has 0 spiro atoms. The van der Waals surface area contributed by atoms with Crippen molar-refractivity contribution in [3.05, 3.63) is 64.4 Å². The number of hydrogen-bond acceptors (Lipinski definition) is 2. The first-order valence-corrected chi connectivity index (χ1v) is 7.33. The van der Waals surface area contributed by atoms with Crippen molar-refractivity contribution in [1.29, 1.82) is 0 Å². The van der Waals surface area contributed by atoms with Crippen LogP contribution in [0, 0.1) is 5.82 Å². The number of hydrogen-bond donors (Lipinski definition) is 1. The lowest BCUT2D eigenvalue weighted by Crippen LogP contribution is -2.22. The molecule has 2 N–H and O–H groups in total. The van der Waals surface area contributed by atoms with Crippen LogP contribution in [0.4, 0.5) is 10.1 Å². The van der Waals surface area contributed by atoms with Crippen molar-refractivity contribution in [3.63, 3.8) is 0 Å². The maximum atomic E-state index is 13.3. The molecule has 1 atom stereocenters. The summed E-state index contributed by atoms with van der Waals surface area (Å²) in [4.78, 5) is 2.04. The summed E-state index contributed by atoms with van der Waals surface area (Å²) in [7, 11) is 1.96. The van der Waals surface area contributed by atoms with Gasteiger partial charge in [0.15, 0.2) is 0 Å². The molecule has 112 valence electrons. The van der Waals surface area contributed by atoms with Crippen molar-refractivity contribution in [2.45, 2.75) is 25.9 Å². The Balaban J connectivity index is 2.27. The highest BCUT2D eigenvalue weighted by Gasteiger charge is 2.13. The van der Waals surface area contributed by atoms with E-state index < -0.39 is 0 Å². The average Bonchev–Trinajstić information content (AvgIpc) is 2.37. The highest BCUT2D eigenvalue weighted by molar-refractivity contribution is 6.33. The predicted molar refractivity (Wildman–Crippen MR) is 87.3 cm³/mol. The van der Waals surface area contributed by atoms with Crippen LogP contribution in [0.5, 0.6) is 0 Å². The largest absolute Gasteiger partial charge is 0.369 e. The smallest absolute Gasteiger partial charge is 0.123 e.